The first kappa shape index (κ1) is 17.8. The second-order valence-corrected chi connectivity index (χ2v) is 7.74. The van der Waals surface area contributed by atoms with Crippen molar-refractivity contribution in [2.24, 2.45) is 0 Å². The molecule has 0 amide bonds. The van der Waals surface area contributed by atoms with Crippen molar-refractivity contribution in [1.29, 1.82) is 0 Å². The molecular weight excluding hydrogens is 392 g/mol. The molecule has 5 aromatic heterocycles. The van der Waals surface area contributed by atoms with Gasteiger partial charge in [-0.15, -0.1) is 5.10 Å². The van der Waals surface area contributed by atoms with Gasteiger partial charge in [-0.1, -0.05) is 17.2 Å². The minimum Gasteiger partial charge on any atom is -0.402 e. The molecule has 1 aliphatic heterocycles. The Labute approximate surface area is 177 Å². The summed E-state index contributed by atoms with van der Waals surface area (Å²) in [5.74, 6) is 0.408. The van der Waals surface area contributed by atoms with Crippen LogP contribution in [0.2, 0.25) is 0 Å². The van der Waals surface area contributed by atoms with E-state index in [1.54, 1.807) is 12.5 Å². The lowest BCUT2D eigenvalue weighted by Crippen LogP contribution is -2.37. The number of pyridine rings is 2. The summed E-state index contributed by atoms with van der Waals surface area (Å²) in [6, 6.07) is 12.3. The van der Waals surface area contributed by atoms with Gasteiger partial charge in [0, 0.05) is 30.6 Å². The van der Waals surface area contributed by atoms with Crippen LogP contribution in [0.3, 0.4) is 0 Å². The van der Waals surface area contributed by atoms with Gasteiger partial charge in [0.1, 0.15) is 11.7 Å². The van der Waals surface area contributed by atoms with Gasteiger partial charge in [0.2, 0.25) is 0 Å². The Balaban J connectivity index is 1.46. The Morgan fingerprint density at radius 2 is 2.03 bits per heavy atom. The van der Waals surface area contributed by atoms with Crippen molar-refractivity contribution in [2.75, 3.05) is 11.4 Å². The van der Waals surface area contributed by atoms with Gasteiger partial charge in [-0.05, 0) is 43.7 Å². The van der Waals surface area contributed by atoms with Crippen LogP contribution in [-0.2, 0) is 6.42 Å². The van der Waals surface area contributed by atoms with Crippen molar-refractivity contribution in [2.45, 2.75) is 26.3 Å². The van der Waals surface area contributed by atoms with Crippen molar-refractivity contribution >= 4 is 11.5 Å². The second-order valence-electron chi connectivity index (χ2n) is 7.74. The van der Waals surface area contributed by atoms with Crippen molar-refractivity contribution < 1.29 is 4.42 Å². The molecule has 5 aromatic rings. The maximum absolute atomic E-state index is 6.10. The fraction of sp³-hybridized carbons (Fsp3) is 0.227. The predicted octanol–water partition coefficient (Wildman–Crippen LogP) is 3.27. The third-order valence-electron chi connectivity index (χ3n) is 5.77. The van der Waals surface area contributed by atoms with Gasteiger partial charge in [0.05, 0.1) is 23.2 Å². The molecule has 1 aliphatic rings. The number of aromatic nitrogens is 7. The lowest BCUT2D eigenvalue weighted by molar-refractivity contribution is 0.502. The topological polar surface area (TPSA) is 101 Å². The van der Waals surface area contributed by atoms with E-state index in [1.807, 2.05) is 42.6 Å². The molecule has 6 heterocycles. The number of nitrogens with zero attached hydrogens (tertiary/aromatic N) is 7. The Kier molecular flexibility index (Phi) is 3.89. The molecule has 1 N–H and O–H groups in total. The van der Waals surface area contributed by atoms with E-state index in [4.69, 9.17) is 9.52 Å². The van der Waals surface area contributed by atoms with Crippen molar-refractivity contribution in [3.8, 4) is 11.6 Å². The zero-order valence-electron chi connectivity index (χ0n) is 17.1. The van der Waals surface area contributed by atoms with Crippen LogP contribution >= 0.6 is 0 Å². The first-order valence-corrected chi connectivity index (χ1v) is 10.2. The number of aryl methyl sites for hydroxylation is 2. The van der Waals surface area contributed by atoms with E-state index in [2.05, 4.69) is 42.2 Å². The van der Waals surface area contributed by atoms with E-state index in [0.29, 0.717) is 24.1 Å². The first-order valence-electron chi connectivity index (χ1n) is 10.2. The Morgan fingerprint density at radius 3 is 2.90 bits per heavy atom. The number of fused-ring (bicyclic) bond motifs is 2. The molecule has 0 aliphatic carbocycles. The lowest BCUT2D eigenvalue weighted by atomic mass is 10.0. The SMILES string of the molecule is Cc1cccnc1-c1nnc(N2CCc3[nH]cnc3[C@H]2c2cc3cccc(C)n3n2)o1. The van der Waals surface area contributed by atoms with E-state index < -0.39 is 0 Å². The molecule has 6 rings (SSSR count). The van der Waals surface area contributed by atoms with Crippen LogP contribution in [0.15, 0.2) is 53.3 Å². The van der Waals surface area contributed by atoms with Gasteiger partial charge < -0.3 is 14.3 Å². The fourth-order valence-corrected chi connectivity index (χ4v) is 4.23. The molecule has 0 aromatic carbocycles. The number of hydrogen-bond donors (Lipinski definition) is 1. The number of nitrogens with one attached hydrogen (secondary N) is 1. The zero-order valence-corrected chi connectivity index (χ0v) is 17.1. The van der Waals surface area contributed by atoms with Crippen molar-refractivity contribution in [3.05, 3.63) is 77.3 Å². The Hall–Kier alpha value is -4.01. The fourth-order valence-electron chi connectivity index (χ4n) is 4.23. The molecule has 31 heavy (non-hydrogen) atoms. The summed E-state index contributed by atoms with van der Waals surface area (Å²) < 4.78 is 8.05. The van der Waals surface area contributed by atoms with Crippen molar-refractivity contribution in [1.82, 2.24) is 34.8 Å². The lowest BCUT2D eigenvalue weighted by Gasteiger charge is -2.32. The highest BCUT2D eigenvalue weighted by Gasteiger charge is 2.36. The zero-order chi connectivity index (χ0) is 20.9. The Bertz CT molecular complexity index is 1400. The van der Waals surface area contributed by atoms with Crippen LogP contribution in [-0.4, -0.2) is 41.3 Å². The maximum Gasteiger partial charge on any atom is 0.319 e. The monoisotopic (exact) mass is 412 g/mol. The number of anilines is 1. The molecule has 0 saturated carbocycles. The largest absolute Gasteiger partial charge is 0.402 e. The van der Waals surface area contributed by atoms with Gasteiger partial charge in [-0.25, -0.2) is 9.50 Å². The highest BCUT2D eigenvalue weighted by atomic mass is 16.4. The van der Waals surface area contributed by atoms with E-state index >= 15 is 0 Å². The van der Waals surface area contributed by atoms with Gasteiger partial charge in [0.15, 0.2) is 0 Å². The van der Waals surface area contributed by atoms with Crippen LogP contribution in [0.5, 0.6) is 0 Å². The van der Waals surface area contributed by atoms with Crippen LogP contribution < -0.4 is 4.90 Å². The second kappa shape index (κ2) is 6.76. The summed E-state index contributed by atoms with van der Waals surface area (Å²) in [5, 5.41) is 13.5. The summed E-state index contributed by atoms with van der Waals surface area (Å²) in [7, 11) is 0. The number of imidazole rings is 1. The summed E-state index contributed by atoms with van der Waals surface area (Å²) in [5.41, 5.74) is 6.71. The molecule has 0 spiro atoms. The summed E-state index contributed by atoms with van der Waals surface area (Å²) >= 11 is 0. The number of hydrogen-bond acceptors (Lipinski definition) is 7. The summed E-state index contributed by atoms with van der Waals surface area (Å²) in [6.45, 7) is 4.72. The maximum atomic E-state index is 6.10. The van der Waals surface area contributed by atoms with E-state index in [-0.39, 0.29) is 6.04 Å². The molecule has 0 unspecified atom stereocenters. The van der Waals surface area contributed by atoms with Crippen LogP contribution in [0.1, 0.15) is 34.4 Å². The smallest absolute Gasteiger partial charge is 0.319 e. The molecule has 9 heteroatoms. The number of aromatic amines is 1. The molecule has 0 bridgehead atoms. The standard InChI is InChI=1S/C22H20N8O/c1-13-5-4-9-23-18(13)21-26-27-22(31-21)29-10-8-16-19(25-12-24-16)20(29)17-11-15-7-3-6-14(2)30(15)28-17/h3-7,9,11-12,20H,8,10H2,1-2H3,(H,24,25)/t20-/m1/s1. The minimum atomic E-state index is -0.229. The minimum absolute atomic E-state index is 0.229. The van der Waals surface area contributed by atoms with Gasteiger partial charge in [-0.3, -0.25) is 4.98 Å². The average Bonchev–Trinajstić information content (AvgIpc) is 3.52. The highest BCUT2D eigenvalue weighted by molar-refractivity contribution is 5.55. The Morgan fingerprint density at radius 1 is 1.10 bits per heavy atom. The average molecular weight is 412 g/mol. The number of H-pyrrole nitrogens is 1. The van der Waals surface area contributed by atoms with Crippen LogP contribution in [0.4, 0.5) is 6.01 Å². The first-order chi connectivity index (χ1) is 15.2. The quantitative estimate of drug-likeness (QED) is 0.485. The molecule has 0 fully saturated rings. The van der Waals surface area contributed by atoms with Gasteiger partial charge >= 0.3 is 6.01 Å². The van der Waals surface area contributed by atoms with E-state index in [1.165, 1.54) is 0 Å². The van der Waals surface area contributed by atoms with Crippen LogP contribution in [0, 0.1) is 13.8 Å². The molecule has 9 nitrogen and oxygen atoms in total. The normalized spacial score (nSPS) is 16.1. The molecule has 0 saturated heterocycles. The summed E-state index contributed by atoms with van der Waals surface area (Å²) in [6.07, 6.45) is 4.27. The van der Waals surface area contributed by atoms with Crippen molar-refractivity contribution in [3.63, 3.8) is 0 Å². The van der Waals surface area contributed by atoms with Gasteiger partial charge in [-0.2, -0.15) is 5.10 Å². The third kappa shape index (κ3) is 2.81. The summed E-state index contributed by atoms with van der Waals surface area (Å²) in [4.78, 5) is 14.4. The van der Waals surface area contributed by atoms with Gasteiger partial charge in [0.25, 0.3) is 5.89 Å². The molecule has 1 atom stereocenters. The van der Waals surface area contributed by atoms with E-state index in [0.717, 1.165) is 40.3 Å². The predicted molar refractivity (Wildman–Crippen MR) is 114 cm³/mol. The number of rotatable bonds is 3. The van der Waals surface area contributed by atoms with Crippen LogP contribution in [0.25, 0.3) is 17.1 Å². The highest BCUT2D eigenvalue weighted by Crippen LogP contribution is 2.37. The molecule has 0 radical (unpaired) electrons. The molecule has 154 valence electrons. The van der Waals surface area contributed by atoms with E-state index in [9.17, 15) is 0 Å². The third-order valence-corrected chi connectivity index (χ3v) is 5.77. The molecular formula is C22H20N8O.